The van der Waals surface area contributed by atoms with E-state index in [2.05, 4.69) is 5.32 Å². The Kier molecular flexibility index (Phi) is 6.26. The molecule has 4 nitrogen and oxygen atoms in total. The molecule has 0 bridgehead atoms. The third-order valence-electron chi connectivity index (χ3n) is 2.61. The largest absolute Gasteiger partial charge is 0.346 e. The molecule has 0 aliphatic carbocycles. The van der Waals surface area contributed by atoms with Crippen molar-refractivity contribution in [2.45, 2.75) is 33.5 Å². The van der Waals surface area contributed by atoms with E-state index < -0.39 is 5.79 Å². The molecule has 0 saturated carbocycles. The van der Waals surface area contributed by atoms with Crippen LogP contribution in [-0.2, 0) is 20.1 Å². The number of hydrogen-bond acceptors (Lipinski definition) is 4. The molecule has 1 heterocycles. The highest BCUT2D eigenvalue weighted by Crippen LogP contribution is 2.39. The van der Waals surface area contributed by atoms with Gasteiger partial charge in [0.25, 0.3) is 0 Å². The standard InChI is InChI=1S/C13H20ClNO3S/c1-5-17-13(4,18-6-2)12-11(9(3)8-19-12)15-10(16)7-14/h8H,5-7H2,1-4H3,(H,15,16). The van der Waals surface area contributed by atoms with Gasteiger partial charge < -0.3 is 14.8 Å². The molecule has 0 radical (unpaired) electrons. The Morgan fingerprint density at radius 3 is 2.47 bits per heavy atom. The Morgan fingerprint density at radius 1 is 1.42 bits per heavy atom. The molecule has 1 aromatic heterocycles. The zero-order valence-corrected chi connectivity index (χ0v) is 13.3. The summed E-state index contributed by atoms with van der Waals surface area (Å²) in [7, 11) is 0. The van der Waals surface area contributed by atoms with Crippen LogP contribution in [0.25, 0.3) is 0 Å². The number of ether oxygens (including phenoxy) is 2. The number of nitrogens with one attached hydrogen (secondary N) is 1. The van der Waals surface area contributed by atoms with E-state index in [1.54, 1.807) is 0 Å². The minimum atomic E-state index is -0.850. The van der Waals surface area contributed by atoms with Crippen LogP contribution in [0.15, 0.2) is 5.38 Å². The number of rotatable bonds is 7. The summed E-state index contributed by atoms with van der Waals surface area (Å²) in [6.45, 7) is 8.67. The van der Waals surface area contributed by atoms with Crippen molar-refractivity contribution in [3.05, 3.63) is 15.8 Å². The first kappa shape index (κ1) is 16.4. The number of hydrogen-bond donors (Lipinski definition) is 1. The van der Waals surface area contributed by atoms with E-state index in [-0.39, 0.29) is 11.8 Å². The second kappa shape index (κ2) is 7.24. The molecule has 0 saturated heterocycles. The van der Waals surface area contributed by atoms with E-state index in [4.69, 9.17) is 21.1 Å². The van der Waals surface area contributed by atoms with Crippen LogP contribution in [0.1, 0.15) is 31.2 Å². The van der Waals surface area contributed by atoms with Crippen LogP contribution in [0.4, 0.5) is 5.69 Å². The Labute approximate surface area is 123 Å². The maximum Gasteiger partial charge on any atom is 0.239 e. The summed E-state index contributed by atoms with van der Waals surface area (Å²) in [4.78, 5) is 12.4. The van der Waals surface area contributed by atoms with Crippen LogP contribution in [0.2, 0.25) is 0 Å². The second-order valence-corrected chi connectivity index (χ2v) is 5.26. The van der Waals surface area contributed by atoms with Crippen LogP contribution in [0, 0.1) is 6.92 Å². The first-order valence-electron chi connectivity index (χ1n) is 6.20. The summed E-state index contributed by atoms with van der Waals surface area (Å²) < 4.78 is 11.5. The minimum absolute atomic E-state index is 0.0747. The summed E-state index contributed by atoms with van der Waals surface area (Å²) in [5.41, 5.74) is 1.71. The molecule has 1 rings (SSSR count). The average molecular weight is 306 g/mol. The van der Waals surface area contributed by atoms with Gasteiger partial charge in [-0.1, -0.05) is 0 Å². The fraction of sp³-hybridized carbons (Fsp3) is 0.615. The van der Waals surface area contributed by atoms with Gasteiger partial charge in [0.2, 0.25) is 11.7 Å². The monoisotopic (exact) mass is 305 g/mol. The summed E-state index contributed by atoms with van der Waals surface area (Å²) in [6, 6.07) is 0. The van der Waals surface area contributed by atoms with E-state index in [1.807, 2.05) is 33.1 Å². The molecular weight excluding hydrogens is 286 g/mol. The van der Waals surface area contributed by atoms with Crippen molar-refractivity contribution in [3.63, 3.8) is 0 Å². The van der Waals surface area contributed by atoms with Gasteiger partial charge in [0.05, 0.1) is 10.6 Å². The Bertz CT molecular complexity index is 428. The van der Waals surface area contributed by atoms with Gasteiger partial charge in [-0.05, 0) is 38.6 Å². The SMILES string of the molecule is CCOC(C)(OCC)c1scc(C)c1NC(=O)CCl. The number of carbonyl (C=O) groups is 1. The highest BCUT2D eigenvalue weighted by atomic mass is 35.5. The number of amides is 1. The van der Waals surface area contributed by atoms with E-state index >= 15 is 0 Å². The number of halogens is 1. The van der Waals surface area contributed by atoms with Gasteiger partial charge in [-0.15, -0.1) is 22.9 Å². The maximum atomic E-state index is 11.5. The van der Waals surface area contributed by atoms with Crippen LogP contribution in [0.5, 0.6) is 0 Å². The Morgan fingerprint density at radius 2 is 2.00 bits per heavy atom. The van der Waals surface area contributed by atoms with Gasteiger partial charge in [0.1, 0.15) is 5.88 Å². The highest BCUT2D eigenvalue weighted by molar-refractivity contribution is 7.10. The fourth-order valence-electron chi connectivity index (χ4n) is 1.83. The predicted octanol–water partition coefficient (Wildman–Crippen LogP) is 3.48. The second-order valence-electron chi connectivity index (χ2n) is 4.12. The molecule has 108 valence electrons. The summed E-state index contributed by atoms with van der Waals surface area (Å²) in [5, 5.41) is 4.78. The molecule has 19 heavy (non-hydrogen) atoms. The van der Waals surface area contributed by atoms with Crippen LogP contribution in [0.3, 0.4) is 0 Å². The van der Waals surface area contributed by atoms with Crippen molar-refractivity contribution in [2.75, 3.05) is 24.4 Å². The Balaban J connectivity index is 3.13. The molecule has 1 aromatic rings. The van der Waals surface area contributed by atoms with Crippen LogP contribution in [-0.4, -0.2) is 25.0 Å². The van der Waals surface area contributed by atoms with Gasteiger partial charge >= 0.3 is 0 Å². The Hall–Kier alpha value is -0.620. The lowest BCUT2D eigenvalue weighted by Gasteiger charge is -2.29. The van der Waals surface area contributed by atoms with Crippen LogP contribution < -0.4 is 5.32 Å². The van der Waals surface area contributed by atoms with Crippen molar-refractivity contribution < 1.29 is 14.3 Å². The van der Waals surface area contributed by atoms with Crippen molar-refractivity contribution in [1.29, 1.82) is 0 Å². The van der Waals surface area contributed by atoms with Crippen LogP contribution >= 0.6 is 22.9 Å². The number of thiophene rings is 1. The maximum absolute atomic E-state index is 11.5. The summed E-state index contributed by atoms with van der Waals surface area (Å²) >= 11 is 7.05. The molecule has 0 unspecified atom stereocenters. The van der Waals surface area contributed by atoms with Gasteiger partial charge in [-0.2, -0.15) is 0 Å². The lowest BCUT2D eigenvalue weighted by atomic mass is 10.1. The van der Waals surface area contributed by atoms with Crippen molar-refractivity contribution in [1.82, 2.24) is 0 Å². The molecule has 1 N–H and O–H groups in total. The van der Waals surface area contributed by atoms with Gasteiger partial charge in [0.15, 0.2) is 0 Å². The average Bonchev–Trinajstić information content (AvgIpc) is 2.72. The molecule has 0 aromatic carbocycles. The zero-order valence-electron chi connectivity index (χ0n) is 11.7. The zero-order chi connectivity index (χ0) is 14.5. The fourth-order valence-corrected chi connectivity index (χ4v) is 2.97. The van der Waals surface area contributed by atoms with Crippen molar-refractivity contribution in [3.8, 4) is 0 Å². The molecule has 1 amide bonds. The van der Waals surface area contributed by atoms with E-state index in [1.165, 1.54) is 11.3 Å². The highest BCUT2D eigenvalue weighted by Gasteiger charge is 2.33. The molecule has 0 atom stereocenters. The summed E-state index contributed by atoms with van der Waals surface area (Å²) in [6.07, 6.45) is 0. The number of anilines is 1. The molecule has 0 aliphatic heterocycles. The first-order chi connectivity index (χ1) is 8.98. The quantitative estimate of drug-likeness (QED) is 0.620. The lowest BCUT2D eigenvalue weighted by Crippen LogP contribution is -2.30. The van der Waals surface area contributed by atoms with Crippen molar-refractivity contribution in [2.24, 2.45) is 0 Å². The molecule has 0 fully saturated rings. The van der Waals surface area contributed by atoms with E-state index in [9.17, 15) is 4.79 Å². The smallest absolute Gasteiger partial charge is 0.239 e. The summed E-state index contributed by atoms with van der Waals surface area (Å²) in [5.74, 6) is -1.16. The molecule has 6 heteroatoms. The predicted molar refractivity (Wildman–Crippen MR) is 79.0 cm³/mol. The topological polar surface area (TPSA) is 47.6 Å². The minimum Gasteiger partial charge on any atom is -0.346 e. The van der Waals surface area contributed by atoms with E-state index in [0.29, 0.717) is 13.2 Å². The van der Waals surface area contributed by atoms with Gasteiger partial charge in [-0.25, -0.2) is 0 Å². The third kappa shape index (κ3) is 3.92. The third-order valence-corrected chi connectivity index (χ3v) is 4.14. The van der Waals surface area contributed by atoms with E-state index in [0.717, 1.165) is 16.1 Å². The molecule has 0 aliphatic rings. The number of carbonyl (C=O) groups excluding carboxylic acids is 1. The molecule has 0 spiro atoms. The lowest BCUT2D eigenvalue weighted by molar-refractivity contribution is -0.227. The van der Waals surface area contributed by atoms with Gasteiger partial charge in [-0.3, -0.25) is 4.79 Å². The van der Waals surface area contributed by atoms with Gasteiger partial charge in [0, 0.05) is 13.2 Å². The normalized spacial score (nSPS) is 11.6. The van der Waals surface area contributed by atoms with Crippen molar-refractivity contribution >= 4 is 34.5 Å². The molecular formula is C13H20ClNO3S. The number of aryl methyl sites for hydroxylation is 1. The first-order valence-corrected chi connectivity index (χ1v) is 7.62. The number of alkyl halides is 1.